The van der Waals surface area contributed by atoms with Gasteiger partial charge in [-0.1, -0.05) is 42.5 Å². The predicted octanol–water partition coefficient (Wildman–Crippen LogP) is 3.66. The molecule has 112 valence electrons. The van der Waals surface area contributed by atoms with Crippen LogP contribution < -0.4 is 0 Å². The largest absolute Gasteiger partial charge is 0.462 e. The Hall–Kier alpha value is -2.75. The molecule has 4 heteroatoms. The molecule has 0 aliphatic rings. The molecule has 0 fully saturated rings. The fourth-order valence-corrected chi connectivity index (χ4v) is 1.90. The zero-order valence-corrected chi connectivity index (χ0v) is 12.1. The number of benzene rings is 2. The Morgan fingerprint density at radius 2 is 1.68 bits per heavy atom. The van der Waals surface area contributed by atoms with Crippen molar-refractivity contribution in [3.05, 3.63) is 77.1 Å². The molecule has 0 bridgehead atoms. The summed E-state index contributed by atoms with van der Waals surface area (Å²) in [6, 6.07) is 14.0. The molecular weight excluding hydrogens is 283 g/mol. The van der Waals surface area contributed by atoms with Gasteiger partial charge in [0.25, 0.3) is 0 Å². The average molecular weight is 298 g/mol. The number of carbonyl (C=O) groups excluding carboxylic acids is 2. The highest BCUT2D eigenvalue weighted by molar-refractivity contribution is 6.26. The summed E-state index contributed by atoms with van der Waals surface area (Å²) in [6.07, 6.45) is 1.41. The highest BCUT2D eigenvalue weighted by Gasteiger charge is 2.20. The summed E-state index contributed by atoms with van der Waals surface area (Å²) in [5.74, 6) is -1.51. The topological polar surface area (TPSA) is 43.4 Å². The zero-order valence-electron chi connectivity index (χ0n) is 12.1. The van der Waals surface area contributed by atoms with Crippen molar-refractivity contribution in [1.29, 1.82) is 0 Å². The summed E-state index contributed by atoms with van der Waals surface area (Å²) in [7, 11) is 0. The normalized spacial score (nSPS) is 11.1. The molecule has 2 aromatic carbocycles. The highest BCUT2D eigenvalue weighted by Crippen LogP contribution is 2.15. The summed E-state index contributed by atoms with van der Waals surface area (Å²) >= 11 is 0. The first-order chi connectivity index (χ1) is 10.6. The molecule has 0 aliphatic carbocycles. The summed E-state index contributed by atoms with van der Waals surface area (Å²) in [5.41, 5.74) is 0.859. The Morgan fingerprint density at radius 1 is 1.05 bits per heavy atom. The first kappa shape index (κ1) is 15.6. The third-order valence-electron chi connectivity index (χ3n) is 2.96. The Balaban J connectivity index is 2.40. The Morgan fingerprint density at radius 3 is 2.27 bits per heavy atom. The maximum Gasteiger partial charge on any atom is 0.342 e. The number of carbonyl (C=O) groups is 2. The number of hydrogen-bond acceptors (Lipinski definition) is 3. The Kier molecular flexibility index (Phi) is 5.20. The van der Waals surface area contributed by atoms with Gasteiger partial charge >= 0.3 is 5.97 Å². The smallest absolute Gasteiger partial charge is 0.342 e. The van der Waals surface area contributed by atoms with Gasteiger partial charge < -0.3 is 4.74 Å². The van der Waals surface area contributed by atoms with Crippen molar-refractivity contribution in [1.82, 2.24) is 0 Å². The van der Waals surface area contributed by atoms with Gasteiger partial charge in [-0.2, -0.15) is 0 Å². The van der Waals surface area contributed by atoms with Gasteiger partial charge in [0.05, 0.1) is 6.61 Å². The molecule has 2 aromatic rings. The van der Waals surface area contributed by atoms with E-state index < -0.39 is 11.8 Å². The van der Waals surface area contributed by atoms with Crippen LogP contribution in [0.2, 0.25) is 0 Å². The van der Waals surface area contributed by atoms with Crippen molar-refractivity contribution in [2.75, 3.05) is 6.61 Å². The van der Waals surface area contributed by atoms with Crippen LogP contribution in [0.1, 0.15) is 22.8 Å². The first-order valence-electron chi connectivity index (χ1n) is 6.86. The number of Topliss-reactive ketones (excluding diaryl/α,β-unsaturated/α-hetero) is 1. The van der Waals surface area contributed by atoms with E-state index in [0.717, 1.165) is 0 Å². The van der Waals surface area contributed by atoms with Gasteiger partial charge in [0.1, 0.15) is 11.4 Å². The van der Waals surface area contributed by atoms with Crippen LogP contribution in [-0.4, -0.2) is 18.4 Å². The SMILES string of the molecule is CCOC(=O)C(=Cc1ccc(F)cc1)C(=O)c1ccccc1. The van der Waals surface area contributed by atoms with E-state index in [4.69, 9.17) is 4.74 Å². The van der Waals surface area contributed by atoms with Gasteiger partial charge in [-0.3, -0.25) is 4.79 Å². The minimum Gasteiger partial charge on any atom is -0.462 e. The van der Waals surface area contributed by atoms with E-state index in [0.29, 0.717) is 11.1 Å². The van der Waals surface area contributed by atoms with E-state index in [1.807, 2.05) is 0 Å². The molecule has 3 nitrogen and oxygen atoms in total. The van der Waals surface area contributed by atoms with E-state index >= 15 is 0 Å². The molecule has 0 heterocycles. The number of rotatable bonds is 5. The maximum absolute atomic E-state index is 12.9. The number of esters is 1. The van der Waals surface area contributed by atoms with E-state index in [2.05, 4.69) is 0 Å². The molecule has 0 N–H and O–H groups in total. The number of ether oxygens (including phenoxy) is 1. The lowest BCUT2D eigenvalue weighted by Crippen LogP contribution is -2.16. The number of halogens is 1. The van der Waals surface area contributed by atoms with Gasteiger partial charge in [-0.05, 0) is 30.7 Å². The molecule has 2 rings (SSSR count). The second-order valence-electron chi connectivity index (χ2n) is 4.53. The molecule has 0 spiro atoms. The average Bonchev–Trinajstić information content (AvgIpc) is 2.54. The summed E-state index contributed by atoms with van der Waals surface area (Å²) < 4.78 is 17.9. The lowest BCUT2D eigenvalue weighted by Gasteiger charge is -2.07. The highest BCUT2D eigenvalue weighted by atomic mass is 19.1. The molecular formula is C18H15FO3. The molecule has 0 saturated carbocycles. The zero-order chi connectivity index (χ0) is 15.9. The van der Waals surface area contributed by atoms with Crippen molar-refractivity contribution in [2.45, 2.75) is 6.92 Å². The van der Waals surface area contributed by atoms with E-state index in [-0.39, 0.29) is 18.0 Å². The van der Waals surface area contributed by atoms with E-state index in [1.54, 1.807) is 37.3 Å². The standard InChI is InChI=1S/C18H15FO3/c1-2-22-18(21)16(12-13-8-10-15(19)11-9-13)17(20)14-6-4-3-5-7-14/h3-12H,2H2,1H3. The molecule has 0 amide bonds. The van der Waals surface area contributed by atoms with Crippen molar-refractivity contribution in [2.24, 2.45) is 0 Å². The lowest BCUT2D eigenvalue weighted by molar-refractivity contribution is -0.137. The fourth-order valence-electron chi connectivity index (χ4n) is 1.90. The Bertz CT molecular complexity index is 688. The third-order valence-corrected chi connectivity index (χ3v) is 2.96. The van der Waals surface area contributed by atoms with Crippen LogP contribution in [0.4, 0.5) is 4.39 Å². The Labute approximate surface area is 128 Å². The number of ketones is 1. The van der Waals surface area contributed by atoms with Gasteiger partial charge in [0, 0.05) is 5.56 Å². The molecule has 0 aromatic heterocycles. The third kappa shape index (κ3) is 3.88. The molecule has 22 heavy (non-hydrogen) atoms. The summed E-state index contributed by atoms with van der Waals surface area (Å²) in [6.45, 7) is 1.84. The fraction of sp³-hybridized carbons (Fsp3) is 0.111. The number of hydrogen-bond donors (Lipinski definition) is 0. The minimum atomic E-state index is -0.694. The van der Waals surface area contributed by atoms with Gasteiger partial charge in [-0.15, -0.1) is 0 Å². The molecule has 0 radical (unpaired) electrons. The second-order valence-corrected chi connectivity index (χ2v) is 4.53. The molecule has 0 saturated heterocycles. The van der Waals surface area contributed by atoms with Crippen LogP contribution in [0.25, 0.3) is 6.08 Å². The minimum absolute atomic E-state index is 0.0836. The van der Waals surface area contributed by atoms with Crippen molar-refractivity contribution in [3.63, 3.8) is 0 Å². The van der Waals surface area contributed by atoms with Crippen LogP contribution in [0.15, 0.2) is 60.2 Å². The molecule has 0 atom stereocenters. The quantitative estimate of drug-likeness (QED) is 0.278. The van der Waals surface area contributed by atoms with Crippen LogP contribution in [0.3, 0.4) is 0 Å². The van der Waals surface area contributed by atoms with Crippen LogP contribution in [0, 0.1) is 5.82 Å². The van der Waals surface area contributed by atoms with Crippen molar-refractivity contribution in [3.8, 4) is 0 Å². The monoisotopic (exact) mass is 298 g/mol. The maximum atomic E-state index is 12.9. The second kappa shape index (κ2) is 7.31. The van der Waals surface area contributed by atoms with Crippen LogP contribution in [-0.2, 0) is 9.53 Å². The van der Waals surface area contributed by atoms with Crippen LogP contribution in [0.5, 0.6) is 0 Å². The summed E-state index contributed by atoms with van der Waals surface area (Å²) in [5, 5.41) is 0. The van der Waals surface area contributed by atoms with Gasteiger partial charge in [-0.25, -0.2) is 9.18 Å². The predicted molar refractivity (Wildman–Crippen MR) is 81.8 cm³/mol. The lowest BCUT2D eigenvalue weighted by atomic mass is 10.0. The van der Waals surface area contributed by atoms with Crippen molar-refractivity contribution >= 4 is 17.8 Å². The molecule has 0 unspecified atom stereocenters. The van der Waals surface area contributed by atoms with Crippen LogP contribution >= 0.6 is 0 Å². The van der Waals surface area contributed by atoms with Gasteiger partial charge in [0.15, 0.2) is 5.78 Å². The summed E-state index contributed by atoms with van der Waals surface area (Å²) in [4.78, 5) is 24.5. The van der Waals surface area contributed by atoms with Gasteiger partial charge in [0.2, 0.25) is 0 Å². The van der Waals surface area contributed by atoms with E-state index in [1.165, 1.54) is 30.3 Å². The molecule has 0 aliphatic heterocycles. The van der Waals surface area contributed by atoms with Crippen molar-refractivity contribution < 1.29 is 18.7 Å². The van der Waals surface area contributed by atoms with E-state index in [9.17, 15) is 14.0 Å². The first-order valence-corrected chi connectivity index (χ1v) is 6.86.